The van der Waals surface area contributed by atoms with E-state index in [4.69, 9.17) is 21.4 Å². The van der Waals surface area contributed by atoms with Gasteiger partial charge in [-0.25, -0.2) is 0 Å². The van der Waals surface area contributed by atoms with Crippen LogP contribution in [0.5, 0.6) is 5.75 Å². The molecule has 1 aliphatic heterocycles. The molecule has 2 aromatic rings. The van der Waals surface area contributed by atoms with Crippen LogP contribution in [-0.2, 0) is 16.1 Å². The van der Waals surface area contributed by atoms with Crippen molar-refractivity contribution in [1.82, 2.24) is 21.1 Å². The van der Waals surface area contributed by atoms with Crippen molar-refractivity contribution in [3.8, 4) is 5.75 Å². The minimum absolute atomic E-state index is 0.0509. The molecule has 1 aromatic carbocycles. The second kappa shape index (κ2) is 12.0. The molecule has 1 aliphatic rings. The molecule has 0 bridgehead atoms. The molecule has 3 amide bonds. The summed E-state index contributed by atoms with van der Waals surface area (Å²) in [6.07, 6.45) is 4.86. The number of carbonyl (C=O) groups is 3. The van der Waals surface area contributed by atoms with Crippen molar-refractivity contribution in [2.45, 2.75) is 39.2 Å². The van der Waals surface area contributed by atoms with Crippen LogP contribution in [0.25, 0.3) is 0 Å². The van der Waals surface area contributed by atoms with Gasteiger partial charge < -0.3 is 14.1 Å². The van der Waals surface area contributed by atoms with Gasteiger partial charge in [-0.1, -0.05) is 19.8 Å². The lowest BCUT2D eigenvalue weighted by atomic mass is 10.1. The first-order valence-electron chi connectivity index (χ1n) is 10.9. The number of ether oxygens (including phenoxy) is 1. The number of nitrogens with zero attached hydrogens (tertiary/aromatic N) is 1. The molecule has 0 aliphatic carbocycles. The zero-order valence-corrected chi connectivity index (χ0v) is 19.3. The number of unbranched alkanes of at least 4 members (excludes halogenated alkanes) is 2. The summed E-state index contributed by atoms with van der Waals surface area (Å²) in [5, 5.41) is 2.45. The topological polar surface area (TPSA) is 113 Å². The van der Waals surface area contributed by atoms with Crippen molar-refractivity contribution in [1.29, 1.82) is 0 Å². The van der Waals surface area contributed by atoms with E-state index in [-0.39, 0.29) is 29.9 Å². The molecule has 176 valence electrons. The summed E-state index contributed by atoms with van der Waals surface area (Å²) in [5.74, 6) is -0.0969. The fourth-order valence-corrected chi connectivity index (χ4v) is 3.51. The van der Waals surface area contributed by atoms with Gasteiger partial charge in [0.25, 0.3) is 5.91 Å². The first kappa shape index (κ1) is 24.2. The predicted molar refractivity (Wildman–Crippen MR) is 125 cm³/mol. The van der Waals surface area contributed by atoms with Crippen LogP contribution in [0.3, 0.4) is 0 Å². The van der Waals surface area contributed by atoms with Gasteiger partial charge in [-0.05, 0) is 55.0 Å². The Morgan fingerprint density at radius 2 is 1.97 bits per heavy atom. The highest BCUT2D eigenvalue weighted by Gasteiger charge is 2.34. The molecule has 10 heteroatoms. The number of amides is 3. The molecule has 3 rings (SSSR count). The summed E-state index contributed by atoms with van der Waals surface area (Å²) in [6, 6.07) is 10.3. The zero-order valence-electron chi connectivity index (χ0n) is 18.5. The summed E-state index contributed by atoms with van der Waals surface area (Å²) in [5.41, 5.74) is 5.37. The van der Waals surface area contributed by atoms with Gasteiger partial charge in [-0.3, -0.25) is 30.6 Å². The number of nitrogens with one attached hydrogen (secondary N) is 3. The van der Waals surface area contributed by atoms with Crippen LogP contribution >= 0.6 is 12.2 Å². The highest BCUT2D eigenvalue weighted by molar-refractivity contribution is 7.80. The molecule has 1 saturated heterocycles. The van der Waals surface area contributed by atoms with Gasteiger partial charge in [0.1, 0.15) is 11.5 Å². The van der Waals surface area contributed by atoms with E-state index in [0.29, 0.717) is 30.2 Å². The zero-order chi connectivity index (χ0) is 23.6. The maximum atomic E-state index is 12.4. The third-order valence-electron chi connectivity index (χ3n) is 5.17. The Hall–Kier alpha value is -3.40. The number of carbonyl (C=O) groups excluding carboxylic acids is 3. The third-order valence-corrected chi connectivity index (χ3v) is 5.38. The quantitative estimate of drug-likeness (QED) is 0.292. The second-order valence-corrected chi connectivity index (χ2v) is 8.14. The fourth-order valence-electron chi connectivity index (χ4n) is 3.36. The molecule has 1 atom stereocenters. The van der Waals surface area contributed by atoms with Crippen LogP contribution in [0.2, 0.25) is 0 Å². The Kier molecular flexibility index (Phi) is 8.82. The number of benzene rings is 1. The molecule has 2 heterocycles. The Morgan fingerprint density at radius 3 is 2.67 bits per heavy atom. The van der Waals surface area contributed by atoms with Crippen LogP contribution < -0.4 is 20.9 Å². The smallest absolute Gasteiger partial charge is 0.257 e. The van der Waals surface area contributed by atoms with E-state index >= 15 is 0 Å². The normalized spacial score (nSPS) is 15.2. The number of thiocarbonyl (C=S) groups is 1. The average Bonchev–Trinajstić information content (AvgIpc) is 3.45. The molecule has 0 spiro atoms. The number of hydrogen-bond acceptors (Lipinski definition) is 6. The molecular weight excluding hydrogens is 444 g/mol. The van der Waals surface area contributed by atoms with E-state index in [9.17, 15) is 14.4 Å². The average molecular weight is 473 g/mol. The number of hydrogen-bond donors (Lipinski definition) is 3. The van der Waals surface area contributed by atoms with Crippen molar-refractivity contribution < 1.29 is 23.5 Å². The predicted octanol–water partition coefficient (Wildman–Crippen LogP) is 2.53. The minimum Gasteiger partial charge on any atom is -0.494 e. The van der Waals surface area contributed by atoms with E-state index in [1.807, 2.05) is 0 Å². The van der Waals surface area contributed by atoms with Crippen molar-refractivity contribution in [2.24, 2.45) is 5.92 Å². The first-order chi connectivity index (χ1) is 16.0. The lowest BCUT2D eigenvalue weighted by molar-refractivity contribution is -0.129. The number of rotatable bonds is 9. The van der Waals surface area contributed by atoms with Gasteiger partial charge in [0.2, 0.25) is 11.8 Å². The highest BCUT2D eigenvalue weighted by Crippen LogP contribution is 2.20. The van der Waals surface area contributed by atoms with Crippen molar-refractivity contribution >= 4 is 35.1 Å². The Balaban J connectivity index is 1.39. The molecule has 1 fully saturated rings. The summed E-state index contributed by atoms with van der Waals surface area (Å²) >= 11 is 5.08. The van der Waals surface area contributed by atoms with Gasteiger partial charge in [0.15, 0.2) is 5.11 Å². The fraction of sp³-hybridized carbons (Fsp3) is 0.391. The summed E-state index contributed by atoms with van der Waals surface area (Å²) in [4.78, 5) is 38.5. The molecule has 0 radical (unpaired) electrons. The lowest BCUT2D eigenvalue weighted by Crippen LogP contribution is -2.50. The van der Waals surface area contributed by atoms with Crippen LogP contribution in [0.15, 0.2) is 47.1 Å². The van der Waals surface area contributed by atoms with Crippen molar-refractivity contribution in [2.75, 3.05) is 13.2 Å². The van der Waals surface area contributed by atoms with Crippen molar-refractivity contribution in [3.63, 3.8) is 0 Å². The summed E-state index contributed by atoms with van der Waals surface area (Å²) in [7, 11) is 0. The molecular formula is C23H28N4O5S. The number of likely N-dealkylation sites (tertiary alicyclic amines) is 1. The van der Waals surface area contributed by atoms with E-state index in [1.165, 1.54) is 6.26 Å². The lowest BCUT2D eigenvalue weighted by Gasteiger charge is -2.16. The van der Waals surface area contributed by atoms with E-state index in [0.717, 1.165) is 19.3 Å². The Labute approximate surface area is 197 Å². The maximum absolute atomic E-state index is 12.4. The molecule has 9 nitrogen and oxygen atoms in total. The van der Waals surface area contributed by atoms with Crippen LogP contribution in [-0.4, -0.2) is 40.9 Å². The molecule has 1 aromatic heterocycles. The number of hydrazine groups is 1. The van der Waals surface area contributed by atoms with Crippen molar-refractivity contribution in [3.05, 3.63) is 54.0 Å². The van der Waals surface area contributed by atoms with Gasteiger partial charge in [0, 0.05) is 18.5 Å². The number of furan rings is 1. The SMILES string of the molecule is CCCCCOc1ccc(C(=O)NC(=S)NNC(=O)C2CC(=O)N(Cc3ccco3)C2)cc1. The third kappa shape index (κ3) is 7.31. The molecule has 3 N–H and O–H groups in total. The molecule has 1 unspecified atom stereocenters. The van der Waals surface area contributed by atoms with Gasteiger partial charge in [-0.2, -0.15) is 0 Å². The Bertz CT molecular complexity index is 962. The second-order valence-electron chi connectivity index (χ2n) is 7.73. The van der Waals surface area contributed by atoms with Gasteiger partial charge in [-0.15, -0.1) is 0 Å². The Morgan fingerprint density at radius 1 is 1.18 bits per heavy atom. The van der Waals surface area contributed by atoms with E-state index < -0.39 is 11.8 Å². The standard InChI is InChI=1S/C23H28N4O5S/c1-2-3-4-11-31-18-9-7-16(8-10-18)21(29)24-23(33)26-25-22(30)17-13-20(28)27(14-17)15-19-6-5-12-32-19/h5-10,12,17H,2-4,11,13-15H2,1H3,(H,25,30)(H2,24,26,29,33). The van der Waals surface area contributed by atoms with Crippen LogP contribution in [0, 0.1) is 5.92 Å². The van der Waals surface area contributed by atoms with Gasteiger partial charge in [0.05, 0.1) is 25.3 Å². The summed E-state index contributed by atoms with van der Waals surface area (Å²) in [6.45, 7) is 3.37. The van der Waals surface area contributed by atoms with Gasteiger partial charge >= 0.3 is 0 Å². The highest BCUT2D eigenvalue weighted by atomic mass is 32.1. The maximum Gasteiger partial charge on any atom is 0.257 e. The largest absolute Gasteiger partial charge is 0.494 e. The van der Waals surface area contributed by atoms with E-state index in [2.05, 4.69) is 23.1 Å². The molecule has 33 heavy (non-hydrogen) atoms. The molecule has 0 saturated carbocycles. The summed E-state index contributed by atoms with van der Waals surface area (Å²) < 4.78 is 10.9. The van der Waals surface area contributed by atoms with Crippen LogP contribution in [0.1, 0.15) is 48.7 Å². The van der Waals surface area contributed by atoms with E-state index in [1.54, 1.807) is 41.3 Å². The monoisotopic (exact) mass is 472 g/mol. The van der Waals surface area contributed by atoms with Crippen LogP contribution in [0.4, 0.5) is 0 Å². The minimum atomic E-state index is -0.525. The first-order valence-corrected chi connectivity index (χ1v) is 11.3.